The van der Waals surface area contributed by atoms with E-state index in [2.05, 4.69) is 33.1 Å². The lowest BCUT2D eigenvalue weighted by Crippen LogP contribution is -2.12. The third-order valence-corrected chi connectivity index (χ3v) is 5.12. The Hall–Kier alpha value is -3.12. The molecular weight excluding hydrogens is 346 g/mol. The van der Waals surface area contributed by atoms with E-state index in [1.807, 2.05) is 19.2 Å². The van der Waals surface area contributed by atoms with E-state index in [4.69, 9.17) is 4.74 Å². The Kier molecular flexibility index (Phi) is 4.18. The van der Waals surface area contributed by atoms with Crippen molar-refractivity contribution in [3.8, 4) is 16.5 Å². The molecule has 4 aromatic rings. The molecule has 130 valence electrons. The Morgan fingerprint density at radius 1 is 1.15 bits per heavy atom. The van der Waals surface area contributed by atoms with Gasteiger partial charge in [0.2, 0.25) is 0 Å². The molecule has 0 bridgehead atoms. The van der Waals surface area contributed by atoms with E-state index in [0.717, 1.165) is 27.4 Å². The molecule has 5 nitrogen and oxygen atoms in total. The summed E-state index contributed by atoms with van der Waals surface area (Å²) in [5.41, 5.74) is 3.25. The zero-order valence-electron chi connectivity index (χ0n) is 14.4. The number of anilines is 1. The zero-order chi connectivity index (χ0) is 18.1. The largest absolute Gasteiger partial charge is 0.497 e. The predicted molar refractivity (Wildman–Crippen MR) is 105 cm³/mol. The lowest BCUT2D eigenvalue weighted by molar-refractivity contribution is 0.102. The summed E-state index contributed by atoms with van der Waals surface area (Å²) in [6, 6.07) is 17.5. The minimum atomic E-state index is -0.226. The van der Waals surface area contributed by atoms with Gasteiger partial charge in [-0.25, -0.2) is 4.98 Å². The van der Waals surface area contributed by atoms with Gasteiger partial charge in [0.05, 0.1) is 12.8 Å². The molecule has 2 aromatic heterocycles. The Bertz CT molecular complexity index is 1080. The van der Waals surface area contributed by atoms with Gasteiger partial charge in [0.15, 0.2) is 0 Å². The number of carbonyl (C=O) groups is 1. The molecule has 2 aromatic carbocycles. The van der Waals surface area contributed by atoms with Crippen molar-refractivity contribution in [3.05, 3.63) is 65.7 Å². The third-order valence-electron chi connectivity index (χ3n) is 4.26. The van der Waals surface area contributed by atoms with Crippen molar-refractivity contribution in [1.82, 2.24) is 9.55 Å². The second-order valence-electron chi connectivity index (χ2n) is 5.87. The Balaban J connectivity index is 1.58. The monoisotopic (exact) mass is 363 g/mol. The fraction of sp³-hybridized carbons (Fsp3) is 0.100. The first kappa shape index (κ1) is 16.4. The van der Waals surface area contributed by atoms with Gasteiger partial charge in [0.25, 0.3) is 5.91 Å². The van der Waals surface area contributed by atoms with Crippen LogP contribution in [-0.4, -0.2) is 22.6 Å². The van der Waals surface area contributed by atoms with Crippen molar-refractivity contribution in [2.24, 2.45) is 7.05 Å². The molecule has 0 atom stereocenters. The number of benzene rings is 2. The normalized spacial score (nSPS) is 10.8. The number of nitrogens with one attached hydrogen (secondary N) is 1. The van der Waals surface area contributed by atoms with Crippen molar-refractivity contribution in [2.75, 3.05) is 12.4 Å². The number of hydrogen-bond donors (Lipinski definition) is 1. The number of para-hydroxylation sites is 1. The molecule has 4 rings (SSSR count). The minimum absolute atomic E-state index is 0.226. The molecule has 0 saturated heterocycles. The van der Waals surface area contributed by atoms with Gasteiger partial charge in [0, 0.05) is 29.0 Å². The number of thiazole rings is 1. The number of aryl methyl sites for hydroxylation is 1. The molecule has 1 amide bonds. The molecule has 0 radical (unpaired) electrons. The van der Waals surface area contributed by atoms with Gasteiger partial charge >= 0.3 is 0 Å². The summed E-state index contributed by atoms with van der Waals surface area (Å²) >= 11 is 1.46. The quantitative estimate of drug-likeness (QED) is 0.578. The molecule has 0 unspecified atom stereocenters. The second-order valence-corrected chi connectivity index (χ2v) is 6.73. The number of amides is 1. The predicted octanol–water partition coefficient (Wildman–Crippen LogP) is 4.56. The average molecular weight is 363 g/mol. The van der Waals surface area contributed by atoms with Crippen molar-refractivity contribution >= 4 is 33.8 Å². The van der Waals surface area contributed by atoms with Crippen LogP contribution in [0.15, 0.2) is 60.0 Å². The van der Waals surface area contributed by atoms with Crippen LogP contribution in [0.5, 0.6) is 5.75 Å². The molecule has 0 aliphatic rings. The van der Waals surface area contributed by atoms with Crippen LogP contribution >= 0.6 is 11.3 Å². The van der Waals surface area contributed by atoms with Gasteiger partial charge in [0.1, 0.15) is 16.5 Å². The molecule has 0 aliphatic heterocycles. The highest BCUT2D eigenvalue weighted by Crippen LogP contribution is 2.29. The first-order valence-electron chi connectivity index (χ1n) is 8.11. The van der Waals surface area contributed by atoms with Crippen LogP contribution in [0.4, 0.5) is 5.69 Å². The van der Waals surface area contributed by atoms with Crippen LogP contribution in [0.2, 0.25) is 0 Å². The summed E-state index contributed by atoms with van der Waals surface area (Å²) < 4.78 is 7.22. The molecule has 26 heavy (non-hydrogen) atoms. The number of hydrogen-bond acceptors (Lipinski definition) is 4. The van der Waals surface area contributed by atoms with E-state index < -0.39 is 0 Å². The van der Waals surface area contributed by atoms with Crippen LogP contribution in [-0.2, 0) is 7.05 Å². The lowest BCUT2D eigenvalue weighted by Gasteiger charge is -2.04. The summed E-state index contributed by atoms with van der Waals surface area (Å²) in [5.74, 6) is 0.520. The first-order chi connectivity index (χ1) is 12.7. The number of aromatic nitrogens is 2. The third kappa shape index (κ3) is 2.95. The maximum atomic E-state index is 12.5. The molecular formula is C20H17N3O2S. The van der Waals surface area contributed by atoms with Gasteiger partial charge in [-0.05, 0) is 36.4 Å². The van der Waals surface area contributed by atoms with Gasteiger partial charge in [-0.3, -0.25) is 4.79 Å². The van der Waals surface area contributed by atoms with Gasteiger partial charge in [-0.15, -0.1) is 11.3 Å². The van der Waals surface area contributed by atoms with Crippen molar-refractivity contribution in [2.45, 2.75) is 0 Å². The van der Waals surface area contributed by atoms with Crippen LogP contribution < -0.4 is 10.1 Å². The van der Waals surface area contributed by atoms with E-state index in [-0.39, 0.29) is 5.91 Å². The fourth-order valence-corrected chi connectivity index (χ4v) is 3.71. The van der Waals surface area contributed by atoms with Gasteiger partial charge in [-0.1, -0.05) is 18.2 Å². The number of methoxy groups -OCH3 is 1. The average Bonchev–Trinajstić information content (AvgIpc) is 3.28. The molecule has 6 heteroatoms. The smallest absolute Gasteiger partial charge is 0.275 e. The van der Waals surface area contributed by atoms with Crippen molar-refractivity contribution in [1.29, 1.82) is 0 Å². The van der Waals surface area contributed by atoms with E-state index >= 15 is 0 Å². The van der Waals surface area contributed by atoms with Crippen LogP contribution in [0.25, 0.3) is 21.6 Å². The summed E-state index contributed by atoms with van der Waals surface area (Å²) in [7, 11) is 3.62. The van der Waals surface area contributed by atoms with Crippen molar-refractivity contribution < 1.29 is 9.53 Å². The molecule has 2 heterocycles. The minimum Gasteiger partial charge on any atom is -0.497 e. The fourth-order valence-electron chi connectivity index (χ4n) is 2.86. The van der Waals surface area contributed by atoms with Crippen molar-refractivity contribution in [3.63, 3.8) is 0 Å². The summed E-state index contributed by atoms with van der Waals surface area (Å²) in [4.78, 5) is 17.0. The Labute approximate surface area is 154 Å². The summed E-state index contributed by atoms with van der Waals surface area (Å²) in [6.45, 7) is 0. The van der Waals surface area contributed by atoms with Crippen LogP contribution in [0, 0.1) is 0 Å². The number of carbonyl (C=O) groups excluding carboxylic acids is 1. The maximum absolute atomic E-state index is 12.5. The Morgan fingerprint density at radius 2 is 1.92 bits per heavy atom. The SMILES string of the molecule is COc1ccc(NC(=O)c2csc(-c3cc4ccccc4n3C)n2)cc1. The van der Waals surface area contributed by atoms with E-state index in [1.54, 1.807) is 36.8 Å². The number of fused-ring (bicyclic) bond motifs is 1. The summed E-state index contributed by atoms with van der Waals surface area (Å²) in [6.07, 6.45) is 0. The van der Waals surface area contributed by atoms with E-state index in [9.17, 15) is 4.79 Å². The summed E-state index contributed by atoms with van der Waals surface area (Å²) in [5, 5.41) is 6.62. The molecule has 0 spiro atoms. The van der Waals surface area contributed by atoms with E-state index in [0.29, 0.717) is 11.4 Å². The highest BCUT2D eigenvalue weighted by Gasteiger charge is 2.15. The highest BCUT2D eigenvalue weighted by molar-refractivity contribution is 7.13. The number of nitrogens with zero attached hydrogens (tertiary/aromatic N) is 2. The molecule has 0 fully saturated rings. The topological polar surface area (TPSA) is 56.1 Å². The number of ether oxygens (including phenoxy) is 1. The molecule has 0 saturated carbocycles. The molecule has 1 N–H and O–H groups in total. The zero-order valence-corrected chi connectivity index (χ0v) is 15.2. The van der Waals surface area contributed by atoms with Gasteiger partial charge < -0.3 is 14.6 Å². The second kappa shape index (κ2) is 6.65. The maximum Gasteiger partial charge on any atom is 0.275 e. The standard InChI is InChI=1S/C20H17N3O2S/c1-23-17-6-4-3-5-13(17)11-18(23)20-22-16(12-26-20)19(24)21-14-7-9-15(25-2)10-8-14/h3-12H,1-2H3,(H,21,24). The van der Waals surface area contributed by atoms with Crippen LogP contribution in [0.3, 0.4) is 0 Å². The first-order valence-corrected chi connectivity index (χ1v) is 8.99. The Morgan fingerprint density at radius 3 is 2.65 bits per heavy atom. The van der Waals surface area contributed by atoms with Gasteiger partial charge in [-0.2, -0.15) is 0 Å². The molecule has 0 aliphatic carbocycles. The van der Waals surface area contributed by atoms with E-state index in [1.165, 1.54) is 11.3 Å². The lowest BCUT2D eigenvalue weighted by atomic mass is 10.2. The van der Waals surface area contributed by atoms with Crippen LogP contribution in [0.1, 0.15) is 10.5 Å². The number of rotatable bonds is 4. The highest BCUT2D eigenvalue weighted by atomic mass is 32.1.